The van der Waals surface area contributed by atoms with Gasteiger partial charge in [0.2, 0.25) is 15.0 Å². The minimum Gasteiger partial charge on any atom is -0.294 e. The number of anilines is 1. The van der Waals surface area contributed by atoms with Gasteiger partial charge in [-0.15, -0.1) is 0 Å². The van der Waals surface area contributed by atoms with Gasteiger partial charge in [0.05, 0.1) is 11.9 Å². The molecule has 24 heavy (non-hydrogen) atoms. The Kier molecular flexibility index (Phi) is 4.07. The van der Waals surface area contributed by atoms with Crippen LogP contribution >= 0.6 is 10.7 Å². The van der Waals surface area contributed by atoms with E-state index in [0.717, 1.165) is 5.56 Å². The summed E-state index contributed by atoms with van der Waals surface area (Å²) in [6.07, 6.45) is 1.14. The van der Waals surface area contributed by atoms with Crippen molar-refractivity contribution in [1.82, 2.24) is 9.78 Å². The Morgan fingerprint density at radius 2 is 2.00 bits per heavy atom. The second-order valence-electron chi connectivity index (χ2n) is 5.55. The Hall–Kier alpha value is -2.37. The number of nitriles is 1. The van der Waals surface area contributed by atoms with Crippen LogP contribution in [0.5, 0.6) is 0 Å². The van der Waals surface area contributed by atoms with E-state index < -0.39 is 20.2 Å². The zero-order valence-electron chi connectivity index (χ0n) is 12.7. The topological polar surface area (TPSA) is 96.1 Å². The zero-order valence-corrected chi connectivity index (χ0v) is 14.3. The van der Waals surface area contributed by atoms with E-state index in [2.05, 4.69) is 5.10 Å². The number of amides is 1. The van der Waals surface area contributed by atoms with E-state index in [1.54, 1.807) is 0 Å². The molecular formula is C15H13ClN4O3S. The summed E-state index contributed by atoms with van der Waals surface area (Å²) in [5.74, 6) is -0.149. The third kappa shape index (κ3) is 2.88. The first-order valence-corrected chi connectivity index (χ1v) is 9.47. The average Bonchev–Trinajstić information content (AvgIpc) is 3.10. The van der Waals surface area contributed by atoms with Crippen molar-refractivity contribution in [1.29, 1.82) is 5.26 Å². The fourth-order valence-corrected chi connectivity index (χ4v) is 3.65. The maximum Gasteiger partial charge on any atom is 0.237 e. The Morgan fingerprint density at radius 1 is 1.33 bits per heavy atom. The Labute approximate surface area is 143 Å². The third-order valence-electron chi connectivity index (χ3n) is 3.89. The molecule has 0 spiro atoms. The van der Waals surface area contributed by atoms with Crippen LogP contribution in [0.2, 0.25) is 0 Å². The normalized spacial score (nSPS) is 18.0. The molecule has 0 aliphatic carbocycles. The van der Waals surface area contributed by atoms with Gasteiger partial charge in [0.1, 0.15) is 16.9 Å². The molecule has 1 aromatic carbocycles. The molecule has 0 saturated carbocycles. The zero-order chi connectivity index (χ0) is 17.5. The van der Waals surface area contributed by atoms with Crippen LogP contribution in [-0.4, -0.2) is 35.9 Å². The van der Waals surface area contributed by atoms with Gasteiger partial charge in [0.15, 0.2) is 5.82 Å². The molecule has 1 atom stereocenters. The molecule has 124 valence electrons. The number of aryl methyl sites for hydroxylation is 1. The number of nitrogens with zero attached hydrogens (tertiary/aromatic N) is 4. The number of hydrogen-bond acceptors (Lipinski definition) is 5. The third-order valence-corrected chi connectivity index (χ3v) is 5.75. The van der Waals surface area contributed by atoms with Crippen molar-refractivity contribution in [2.75, 3.05) is 11.4 Å². The lowest BCUT2D eigenvalue weighted by molar-refractivity contribution is -0.117. The number of carbonyl (C=O) groups excluding carboxylic acids is 1. The average molecular weight is 365 g/mol. The van der Waals surface area contributed by atoms with Crippen LogP contribution in [-0.2, 0) is 13.8 Å². The molecule has 9 heteroatoms. The monoisotopic (exact) mass is 364 g/mol. The standard InChI is InChI=1S/C15H13ClN4O3S/c1-10-2-4-12(5-3-10)20-15(11(7-17)8-18-20)19-9-13(6-14(19)21)24(16,22)23/h2-5,8,13H,6,9H2,1H3. The summed E-state index contributed by atoms with van der Waals surface area (Å²) in [5.41, 5.74) is 1.91. The lowest BCUT2D eigenvalue weighted by Crippen LogP contribution is -2.29. The van der Waals surface area contributed by atoms with E-state index in [0.29, 0.717) is 5.69 Å². The van der Waals surface area contributed by atoms with Gasteiger partial charge in [0, 0.05) is 23.6 Å². The van der Waals surface area contributed by atoms with Crippen LogP contribution in [0.15, 0.2) is 30.5 Å². The molecule has 2 heterocycles. The fraction of sp³-hybridized carbons (Fsp3) is 0.267. The summed E-state index contributed by atoms with van der Waals surface area (Å²) >= 11 is 0. The maximum absolute atomic E-state index is 12.3. The summed E-state index contributed by atoms with van der Waals surface area (Å²) in [6.45, 7) is 1.84. The number of rotatable bonds is 3. The highest BCUT2D eigenvalue weighted by Crippen LogP contribution is 2.30. The van der Waals surface area contributed by atoms with E-state index in [1.807, 2.05) is 37.3 Å². The first-order chi connectivity index (χ1) is 11.3. The van der Waals surface area contributed by atoms with Gasteiger partial charge in [-0.05, 0) is 19.1 Å². The highest BCUT2D eigenvalue weighted by Gasteiger charge is 2.40. The quantitative estimate of drug-likeness (QED) is 0.773. The number of hydrogen-bond donors (Lipinski definition) is 0. The number of carbonyl (C=O) groups is 1. The molecule has 1 saturated heterocycles. The molecular weight excluding hydrogens is 352 g/mol. The van der Waals surface area contributed by atoms with Crippen molar-refractivity contribution in [2.24, 2.45) is 0 Å². The molecule has 2 aromatic rings. The molecule has 0 radical (unpaired) electrons. The molecule has 1 aliphatic heterocycles. The van der Waals surface area contributed by atoms with Crippen molar-refractivity contribution in [2.45, 2.75) is 18.6 Å². The summed E-state index contributed by atoms with van der Waals surface area (Å²) in [6, 6.07) is 9.37. The van der Waals surface area contributed by atoms with E-state index in [-0.39, 0.29) is 24.3 Å². The maximum atomic E-state index is 12.3. The lowest BCUT2D eigenvalue weighted by Gasteiger charge is -2.18. The van der Waals surface area contributed by atoms with Gasteiger partial charge in [-0.1, -0.05) is 17.7 Å². The van der Waals surface area contributed by atoms with Crippen molar-refractivity contribution < 1.29 is 13.2 Å². The summed E-state index contributed by atoms with van der Waals surface area (Å²) in [7, 11) is 1.52. The predicted molar refractivity (Wildman–Crippen MR) is 88.5 cm³/mol. The van der Waals surface area contributed by atoms with Crippen LogP contribution in [0, 0.1) is 18.3 Å². The Bertz CT molecular complexity index is 944. The fourth-order valence-electron chi connectivity index (χ4n) is 2.62. The van der Waals surface area contributed by atoms with Gasteiger partial charge in [-0.25, -0.2) is 13.1 Å². The highest BCUT2D eigenvalue weighted by molar-refractivity contribution is 8.14. The molecule has 1 unspecified atom stereocenters. The van der Waals surface area contributed by atoms with E-state index in [1.165, 1.54) is 15.8 Å². The van der Waals surface area contributed by atoms with Gasteiger partial charge in [0.25, 0.3) is 0 Å². The van der Waals surface area contributed by atoms with Gasteiger partial charge < -0.3 is 0 Å². The van der Waals surface area contributed by atoms with Crippen molar-refractivity contribution in [3.63, 3.8) is 0 Å². The molecule has 0 N–H and O–H groups in total. The second kappa shape index (κ2) is 5.92. The molecule has 1 aliphatic rings. The van der Waals surface area contributed by atoms with Gasteiger partial charge in [-0.2, -0.15) is 10.4 Å². The van der Waals surface area contributed by atoms with Crippen molar-refractivity contribution in [3.05, 3.63) is 41.6 Å². The molecule has 1 aromatic heterocycles. The number of halogens is 1. The molecule has 0 bridgehead atoms. The minimum absolute atomic E-state index is 0.100. The lowest BCUT2D eigenvalue weighted by atomic mass is 10.2. The second-order valence-corrected chi connectivity index (χ2v) is 8.46. The Balaban J connectivity index is 2.08. The first-order valence-electron chi connectivity index (χ1n) is 7.10. The van der Waals surface area contributed by atoms with Crippen LogP contribution in [0.1, 0.15) is 17.5 Å². The van der Waals surface area contributed by atoms with Crippen LogP contribution in [0.4, 0.5) is 5.82 Å². The summed E-state index contributed by atoms with van der Waals surface area (Å²) < 4.78 is 24.5. The minimum atomic E-state index is -3.86. The van der Waals surface area contributed by atoms with E-state index in [9.17, 15) is 18.5 Å². The van der Waals surface area contributed by atoms with Crippen LogP contribution in [0.25, 0.3) is 5.69 Å². The SMILES string of the molecule is Cc1ccc(-n2ncc(C#N)c2N2CC(S(=O)(=O)Cl)CC2=O)cc1. The smallest absolute Gasteiger partial charge is 0.237 e. The van der Waals surface area contributed by atoms with Crippen LogP contribution < -0.4 is 4.90 Å². The van der Waals surface area contributed by atoms with Gasteiger partial charge >= 0.3 is 0 Å². The summed E-state index contributed by atoms with van der Waals surface area (Å²) in [5, 5.41) is 12.5. The van der Waals surface area contributed by atoms with E-state index in [4.69, 9.17) is 10.7 Å². The van der Waals surface area contributed by atoms with Crippen molar-refractivity contribution >= 4 is 31.5 Å². The molecule has 1 amide bonds. The van der Waals surface area contributed by atoms with Crippen molar-refractivity contribution in [3.8, 4) is 11.8 Å². The van der Waals surface area contributed by atoms with Crippen LogP contribution in [0.3, 0.4) is 0 Å². The largest absolute Gasteiger partial charge is 0.294 e. The van der Waals surface area contributed by atoms with E-state index >= 15 is 0 Å². The number of benzene rings is 1. The molecule has 3 rings (SSSR count). The predicted octanol–water partition coefficient (Wildman–Crippen LogP) is 1.73. The highest BCUT2D eigenvalue weighted by atomic mass is 35.7. The Morgan fingerprint density at radius 3 is 2.54 bits per heavy atom. The number of aromatic nitrogens is 2. The molecule has 7 nitrogen and oxygen atoms in total. The van der Waals surface area contributed by atoms with Gasteiger partial charge in [-0.3, -0.25) is 9.69 Å². The summed E-state index contributed by atoms with van der Waals surface area (Å²) in [4.78, 5) is 13.5. The molecule has 1 fully saturated rings. The first kappa shape index (κ1) is 16.5.